The number of nitrogens with one attached hydrogen (secondary N) is 2. The van der Waals surface area contributed by atoms with Crippen LogP contribution in [0.15, 0.2) is 6.07 Å². The summed E-state index contributed by atoms with van der Waals surface area (Å²) < 4.78 is 10.7. The summed E-state index contributed by atoms with van der Waals surface area (Å²) in [5.74, 6) is 1.30. The quantitative estimate of drug-likeness (QED) is 0.826. The number of benzene rings is 1. The molecule has 2 aliphatic rings. The van der Waals surface area contributed by atoms with E-state index in [1.54, 1.807) is 14.2 Å². The molecular weight excluding hydrogens is 232 g/mol. The molecule has 1 atom stereocenters. The number of anilines is 1. The van der Waals surface area contributed by atoms with Crippen molar-refractivity contribution >= 4 is 11.6 Å². The maximum atomic E-state index is 11.8. The van der Waals surface area contributed by atoms with Crippen molar-refractivity contribution in [3.05, 3.63) is 17.2 Å². The lowest BCUT2D eigenvalue weighted by Crippen LogP contribution is -2.37. The molecule has 0 radical (unpaired) electrons. The van der Waals surface area contributed by atoms with Gasteiger partial charge in [-0.2, -0.15) is 0 Å². The summed E-state index contributed by atoms with van der Waals surface area (Å²) in [6, 6.07) is 2.11. The summed E-state index contributed by atoms with van der Waals surface area (Å²) in [7, 11) is 3.20. The summed E-state index contributed by atoms with van der Waals surface area (Å²) in [4.78, 5) is 11.8. The lowest BCUT2D eigenvalue weighted by molar-refractivity contribution is -0.117. The molecule has 0 saturated carbocycles. The van der Waals surface area contributed by atoms with Gasteiger partial charge < -0.3 is 20.1 Å². The SMILES string of the molecule is COc1cc2c3c(c1OC)NC(=O)CC3NCC2. The van der Waals surface area contributed by atoms with Crippen molar-refractivity contribution in [2.45, 2.75) is 18.9 Å². The van der Waals surface area contributed by atoms with E-state index in [1.165, 1.54) is 5.56 Å². The van der Waals surface area contributed by atoms with Crippen LogP contribution in [0.5, 0.6) is 11.5 Å². The summed E-state index contributed by atoms with van der Waals surface area (Å²) in [6.07, 6.45) is 1.42. The summed E-state index contributed by atoms with van der Waals surface area (Å²) in [5.41, 5.74) is 3.14. The minimum atomic E-state index is 0.0133. The smallest absolute Gasteiger partial charge is 0.226 e. The van der Waals surface area contributed by atoms with E-state index in [2.05, 4.69) is 10.6 Å². The summed E-state index contributed by atoms with van der Waals surface area (Å²) in [5, 5.41) is 6.29. The van der Waals surface area contributed by atoms with Crippen molar-refractivity contribution in [3.63, 3.8) is 0 Å². The van der Waals surface area contributed by atoms with Crippen molar-refractivity contribution in [2.75, 3.05) is 26.1 Å². The van der Waals surface area contributed by atoms with Crippen LogP contribution in [0.3, 0.4) is 0 Å². The number of carbonyl (C=O) groups excluding carboxylic acids is 1. The molecular formula is C13H16N2O3. The highest BCUT2D eigenvalue weighted by Crippen LogP contribution is 2.46. The molecule has 0 aliphatic carbocycles. The van der Waals surface area contributed by atoms with Gasteiger partial charge in [-0.1, -0.05) is 0 Å². The Hall–Kier alpha value is -1.75. The van der Waals surface area contributed by atoms with Gasteiger partial charge in [-0.3, -0.25) is 4.79 Å². The van der Waals surface area contributed by atoms with Crippen molar-refractivity contribution < 1.29 is 14.3 Å². The highest BCUT2D eigenvalue weighted by atomic mass is 16.5. The Kier molecular flexibility index (Phi) is 2.63. The Morgan fingerprint density at radius 2 is 2.17 bits per heavy atom. The van der Waals surface area contributed by atoms with Gasteiger partial charge >= 0.3 is 0 Å². The van der Waals surface area contributed by atoms with Crippen LogP contribution in [0.4, 0.5) is 5.69 Å². The Bertz CT molecular complexity index is 513. The fourth-order valence-electron chi connectivity index (χ4n) is 2.82. The molecule has 2 heterocycles. The molecule has 0 aromatic heterocycles. The van der Waals surface area contributed by atoms with Gasteiger partial charge in [-0.25, -0.2) is 0 Å². The molecule has 2 N–H and O–H groups in total. The average Bonchev–Trinajstić information content (AvgIpc) is 2.38. The topological polar surface area (TPSA) is 59.6 Å². The maximum absolute atomic E-state index is 11.8. The Labute approximate surface area is 105 Å². The lowest BCUT2D eigenvalue weighted by atomic mass is 9.87. The second-order valence-corrected chi connectivity index (χ2v) is 4.57. The molecule has 3 rings (SSSR count). The van der Waals surface area contributed by atoms with E-state index in [0.29, 0.717) is 17.9 Å². The molecule has 1 aromatic carbocycles. The van der Waals surface area contributed by atoms with E-state index in [4.69, 9.17) is 9.47 Å². The Balaban J connectivity index is 2.24. The van der Waals surface area contributed by atoms with Crippen molar-refractivity contribution in [1.82, 2.24) is 5.32 Å². The largest absolute Gasteiger partial charge is 0.493 e. The van der Waals surface area contributed by atoms with E-state index < -0.39 is 0 Å². The first-order chi connectivity index (χ1) is 8.74. The molecule has 5 heteroatoms. The summed E-state index contributed by atoms with van der Waals surface area (Å²) >= 11 is 0. The highest BCUT2D eigenvalue weighted by Gasteiger charge is 2.33. The molecule has 1 aromatic rings. The normalized spacial score (nSPS) is 21.0. The van der Waals surface area contributed by atoms with Gasteiger partial charge in [-0.15, -0.1) is 0 Å². The predicted octanol–water partition coefficient (Wildman–Crippen LogP) is 1.23. The third-order valence-electron chi connectivity index (χ3n) is 3.58. The Morgan fingerprint density at radius 1 is 1.33 bits per heavy atom. The van der Waals surface area contributed by atoms with Gasteiger partial charge in [0.05, 0.1) is 19.9 Å². The van der Waals surface area contributed by atoms with Gasteiger partial charge in [0.25, 0.3) is 0 Å². The third-order valence-corrected chi connectivity index (χ3v) is 3.58. The summed E-state index contributed by atoms with van der Waals surface area (Å²) in [6.45, 7) is 0.889. The highest BCUT2D eigenvalue weighted by molar-refractivity contribution is 5.97. The zero-order valence-electron chi connectivity index (χ0n) is 10.5. The van der Waals surface area contributed by atoms with Crippen LogP contribution in [-0.4, -0.2) is 26.7 Å². The first-order valence-corrected chi connectivity index (χ1v) is 6.05. The van der Waals surface area contributed by atoms with E-state index in [-0.39, 0.29) is 11.9 Å². The second kappa shape index (κ2) is 4.17. The minimum absolute atomic E-state index is 0.0133. The Morgan fingerprint density at radius 3 is 2.89 bits per heavy atom. The molecule has 0 fully saturated rings. The fraction of sp³-hybridized carbons (Fsp3) is 0.462. The zero-order valence-corrected chi connectivity index (χ0v) is 10.5. The predicted molar refractivity (Wildman–Crippen MR) is 67.2 cm³/mol. The van der Waals surface area contributed by atoms with Crippen LogP contribution >= 0.6 is 0 Å². The van der Waals surface area contributed by atoms with E-state index >= 15 is 0 Å². The number of carbonyl (C=O) groups is 1. The average molecular weight is 248 g/mol. The van der Waals surface area contributed by atoms with Crippen LogP contribution < -0.4 is 20.1 Å². The van der Waals surface area contributed by atoms with Crippen LogP contribution in [0.25, 0.3) is 0 Å². The van der Waals surface area contributed by atoms with Crippen LogP contribution in [-0.2, 0) is 11.2 Å². The van der Waals surface area contributed by atoms with Gasteiger partial charge in [0.1, 0.15) is 0 Å². The number of rotatable bonds is 2. The number of ether oxygens (including phenoxy) is 2. The van der Waals surface area contributed by atoms with Crippen molar-refractivity contribution in [1.29, 1.82) is 0 Å². The van der Waals surface area contributed by atoms with Gasteiger partial charge in [0, 0.05) is 18.0 Å². The van der Waals surface area contributed by atoms with Crippen molar-refractivity contribution in [3.8, 4) is 11.5 Å². The first kappa shape index (κ1) is 11.3. The maximum Gasteiger partial charge on any atom is 0.226 e. The number of hydrogen-bond acceptors (Lipinski definition) is 4. The molecule has 5 nitrogen and oxygen atoms in total. The molecule has 0 spiro atoms. The molecule has 0 bridgehead atoms. The molecule has 96 valence electrons. The molecule has 1 amide bonds. The van der Waals surface area contributed by atoms with E-state index in [9.17, 15) is 4.79 Å². The first-order valence-electron chi connectivity index (χ1n) is 6.05. The van der Waals surface area contributed by atoms with Gasteiger partial charge in [0.15, 0.2) is 11.5 Å². The van der Waals surface area contributed by atoms with E-state index in [0.717, 1.165) is 24.2 Å². The second-order valence-electron chi connectivity index (χ2n) is 4.57. The number of amides is 1. The van der Waals surface area contributed by atoms with Crippen molar-refractivity contribution in [2.24, 2.45) is 0 Å². The molecule has 1 unspecified atom stereocenters. The lowest BCUT2D eigenvalue weighted by Gasteiger charge is -2.34. The number of methoxy groups -OCH3 is 2. The fourth-order valence-corrected chi connectivity index (χ4v) is 2.82. The van der Waals surface area contributed by atoms with Gasteiger partial charge in [0.2, 0.25) is 5.91 Å². The van der Waals surface area contributed by atoms with Gasteiger partial charge in [-0.05, 0) is 24.6 Å². The van der Waals surface area contributed by atoms with Crippen LogP contribution in [0, 0.1) is 0 Å². The van der Waals surface area contributed by atoms with Crippen LogP contribution in [0.1, 0.15) is 23.6 Å². The standard InChI is InChI=1S/C13H16N2O3/c1-17-9-5-7-3-4-14-8-6-10(16)15-12(11(7)8)13(9)18-2/h5,8,14H,3-4,6H2,1-2H3,(H,15,16). The minimum Gasteiger partial charge on any atom is -0.493 e. The molecule has 0 saturated heterocycles. The molecule has 2 aliphatic heterocycles. The molecule has 18 heavy (non-hydrogen) atoms. The van der Waals surface area contributed by atoms with Crippen LogP contribution in [0.2, 0.25) is 0 Å². The zero-order chi connectivity index (χ0) is 12.7. The number of hydrogen-bond donors (Lipinski definition) is 2. The monoisotopic (exact) mass is 248 g/mol. The third kappa shape index (κ3) is 1.54. The van der Waals surface area contributed by atoms with E-state index in [1.807, 2.05) is 6.07 Å².